The van der Waals surface area contributed by atoms with E-state index in [0.717, 1.165) is 0 Å². The molecule has 0 spiro atoms. The van der Waals surface area contributed by atoms with Crippen molar-refractivity contribution in [1.29, 1.82) is 0 Å². The molecule has 1 saturated heterocycles. The highest BCUT2D eigenvalue weighted by Crippen LogP contribution is 2.40. The lowest BCUT2D eigenvalue weighted by atomic mass is 10.2. The molecule has 1 unspecified atom stereocenters. The molecule has 1 aromatic carbocycles. The summed E-state index contributed by atoms with van der Waals surface area (Å²) in [5, 5.41) is 3.65. The number of hydrogen-bond acceptors (Lipinski definition) is 5. The van der Waals surface area contributed by atoms with Gasteiger partial charge in [0.05, 0.1) is 24.2 Å². The van der Waals surface area contributed by atoms with E-state index in [-0.39, 0.29) is 16.7 Å². The number of nitrogens with zero attached hydrogens (tertiary/aromatic N) is 1. The summed E-state index contributed by atoms with van der Waals surface area (Å²) in [4.78, 5) is 22.8. The number of fused-ring (bicyclic) bond motifs is 1. The van der Waals surface area contributed by atoms with Gasteiger partial charge in [-0.15, -0.1) is 0 Å². The molecule has 1 aromatic heterocycles. The third-order valence-electron chi connectivity index (χ3n) is 3.76. The Kier molecular flexibility index (Phi) is 4.47. The number of esters is 1. The SMILES string of the molecule is COC(=O)c1cc2c(Cl)c(Cl)c(OCC3CNC(=O)O3)cc2n1C. The minimum atomic E-state index is -0.479. The second-order valence-corrected chi connectivity index (χ2v) is 5.99. The summed E-state index contributed by atoms with van der Waals surface area (Å²) in [6.07, 6.45) is -0.879. The lowest BCUT2D eigenvalue weighted by molar-refractivity contribution is 0.0590. The Morgan fingerprint density at radius 2 is 2.17 bits per heavy atom. The van der Waals surface area contributed by atoms with Crippen molar-refractivity contribution < 1.29 is 23.8 Å². The second kappa shape index (κ2) is 6.41. The van der Waals surface area contributed by atoms with Crippen LogP contribution in [0.2, 0.25) is 10.0 Å². The summed E-state index contributed by atoms with van der Waals surface area (Å²) < 4.78 is 17.0. The number of rotatable bonds is 4. The van der Waals surface area contributed by atoms with Gasteiger partial charge in [-0.1, -0.05) is 23.2 Å². The highest BCUT2D eigenvalue weighted by atomic mass is 35.5. The van der Waals surface area contributed by atoms with Crippen LogP contribution in [0.3, 0.4) is 0 Å². The fourth-order valence-corrected chi connectivity index (χ4v) is 2.95. The molecule has 7 nitrogen and oxygen atoms in total. The van der Waals surface area contributed by atoms with Gasteiger partial charge >= 0.3 is 12.1 Å². The number of alkyl carbamates (subject to hydrolysis) is 1. The number of amides is 1. The minimum absolute atomic E-state index is 0.134. The first-order chi connectivity index (χ1) is 11.4. The van der Waals surface area contributed by atoms with Crippen molar-refractivity contribution in [3.05, 3.63) is 27.9 Å². The number of methoxy groups -OCH3 is 1. The Morgan fingerprint density at radius 3 is 2.79 bits per heavy atom. The van der Waals surface area contributed by atoms with E-state index in [9.17, 15) is 9.59 Å². The summed E-state index contributed by atoms with van der Waals surface area (Å²) in [6, 6.07) is 3.29. The molecule has 2 aromatic rings. The number of aryl methyl sites for hydroxylation is 1. The van der Waals surface area contributed by atoms with Gasteiger partial charge in [0.1, 0.15) is 23.1 Å². The van der Waals surface area contributed by atoms with E-state index >= 15 is 0 Å². The number of aromatic nitrogens is 1. The average Bonchev–Trinajstić information content (AvgIpc) is 3.13. The first-order valence-corrected chi connectivity index (χ1v) is 7.81. The molecule has 9 heteroatoms. The van der Waals surface area contributed by atoms with Gasteiger partial charge in [-0.2, -0.15) is 0 Å². The lowest BCUT2D eigenvalue weighted by Gasteiger charge is -2.13. The topological polar surface area (TPSA) is 78.8 Å². The van der Waals surface area contributed by atoms with Crippen LogP contribution in [-0.2, 0) is 16.5 Å². The maximum Gasteiger partial charge on any atom is 0.407 e. The molecule has 1 atom stereocenters. The highest BCUT2D eigenvalue weighted by Gasteiger charge is 2.24. The number of carbonyl (C=O) groups excluding carboxylic acids is 2. The van der Waals surface area contributed by atoms with Crippen LogP contribution in [0.25, 0.3) is 10.9 Å². The number of halogens is 2. The number of ether oxygens (including phenoxy) is 3. The summed E-state index contributed by atoms with van der Waals surface area (Å²) in [5.74, 6) is -0.137. The van der Waals surface area contributed by atoms with E-state index in [1.54, 1.807) is 23.7 Å². The Morgan fingerprint density at radius 1 is 1.42 bits per heavy atom. The van der Waals surface area contributed by atoms with Crippen LogP contribution < -0.4 is 10.1 Å². The molecular formula is C15H14Cl2N2O5. The summed E-state index contributed by atoms with van der Waals surface area (Å²) >= 11 is 12.6. The maximum absolute atomic E-state index is 11.8. The van der Waals surface area contributed by atoms with E-state index < -0.39 is 18.2 Å². The molecule has 0 aliphatic carbocycles. The third kappa shape index (κ3) is 2.85. The molecule has 0 bridgehead atoms. The van der Waals surface area contributed by atoms with E-state index in [2.05, 4.69) is 5.32 Å². The van der Waals surface area contributed by atoms with Crippen LogP contribution in [0, 0.1) is 0 Å². The molecule has 1 fully saturated rings. The van der Waals surface area contributed by atoms with Crippen molar-refractivity contribution in [1.82, 2.24) is 9.88 Å². The largest absolute Gasteiger partial charge is 0.488 e. The summed E-state index contributed by atoms with van der Waals surface area (Å²) in [6.45, 7) is 0.498. The first kappa shape index (κ1) is 16.7. The molecule has 0 saturated carbocycles. The zero-order valence-corrected chi connectivity index (χ0v) is 14.4. The van der Waals surface area contributed by atoms with Crippen LogP contribution in [0.1, 0.15) is 10.5 Å². The molecule has 1 aliphatic rings. The molecule has 1 amide bonds. The van der Waals surface area contributed by atoms with Crippen molar-refractivity contribution in [2.45, 2.75) is 6.10 Å². The molecule has 0 radical (unpaired) electrons. The van der Waals surface area contributed by atoms with Crippen molar-refractivity contribution in [3.63, 3.8) is 0 Å². The average molecular weight is 373 g/mol. The van der Waals surface area contributed by atoms with E-state index in [4.69, 9.17) is 37.4 Å². The van der Waals surface area contributed by atoms with Crippen molar-refractivity contribution in [2.75, 3.05) is 20.3 Å². The monoisotopic (exact) mass is 372 g/mol. The summed E-state index contributed by atoms with van der Waals surface area (Å²) in [7, 11) is 3.02. The number of benzene rings is 1. The number of hydrogen-bond donors (Lipinski definition) is 1. The Hall–Kier alpha value is -2.12. The van der Waals surface area contributed by atoms with Crippen LogP contribution >= 0.6 is 23.2 Å². The fourth-order valence-electron chi connectivity index (χ4n) is 2.50. The number of cyclic esters (lactones) is 1. The Labute approximate surface area is 147 Å². The summed E-state index contributed by atoms with van der Waals surface area (Å²) in [5.41, 5.74) is 1.01. The zero-order valence-electron chi connectivity index (χ0n) is 12.9. The number of nitrogens with one attached hydrogen (secondary N) is 1. The molecule has 24 heavy (non-hydrogen) atoms. The highest BCUT2D eigenvalue weighted by molar-refractivity contribution is 6.46. The molecular weight excluding hydrogens is 359 g/mol. The van der Waals surface area contributed by atoms with Crippen LogP contribution in [0.15, 0.2) is 12.1 Å². The van der Waals surface area contributed by atoms with Gasteiger partial charge in [-0.3, -0.25) is 0 Å². The predicted molar refractivity (Wildman–Crippen MR) is 88.0 cm³/mol. The number of carbonyl (C=O) groups is 2. The molecule has 128 valence electrons. The van der Waals surface area contributed by atoms with Gasteiger partial charge in [0.15, 0.2) is 6.10 Å². The second-order valence-electron chi connectivity index (χ2n) is 5.23. The van der Waals surface area contributed by atoms with E-state index in [1.807, 2.05) is 0 Å². The third-order valence-corrected chi connectivity index (χ3v) is 4.62. The Balaban J connectivity index is 1.94. The molecule has 1 aliphatic heterocycles. The zero-order chi connectivity index (χ0) is 17.4. The maximum atomic E-state index is 11.8. The van der Waals surface area contributed by atoms with Gasteiger partial charge in [0.25, 0.3) is 0 Å². The fraction of sp³-hybridized carbons (Fsp3) is 0.333. The van der Waals surface area contributed by atoms with Gasteiger partial charge in [0.2, 0.25) is 0 Å². The van der Waals surface area contributed by atoms with Crippen LogP contribution in [-0.4, -0.2) is 43.0 Å². The van der Waals surface area contributed by atoms with Gasteiger partial charge < -0.3 is 24.1 Å². The van der Waals surface area contributed by atoms with Crippen molar-refractivity contribution >= 4 is 46.2 Å². The molecule has 3 rings (SSSR count). The normalized spacial score (nSPS) is 16.8. The van der Waals surface area contributed by atoms with Gasteiger partial charge in [0, 0.05) is 18.5 Å². The predicted octanol–water partition coefficient (Wildman–Crippen LogP) is 2.76. The van der Waals surface area contributed by atoms with Crippen LogP contribution in [0.4, 0.5) is 4.79 Å². The van der Waals surface area contributed by atoms with Gasteiger partial charge in [-0.05, 0) is 6.07 Å². The minimum Gasteiger partial charge on any atom is -0.488 e. The van der Waals surface area contributed by atoms with E-state index in [0.29, 0.717) is 28.9 Å². The molecule has 2 heterocycles. The quantitative estimate of drug-likeness (QED) is 0.834. The van der Waals surface area contributed by atoms with E-state index in [1.165, 1.54) is 7.11 Å². The molecule has 1 N–H and O–H groups in total. The standard InChI is InChI=1S/C15H14Cl2N2O5/c1-19-9-4-11(23-6-7-5-18-15(21)24-7)13(17)12(16)8(9)3-10(19)14(20)22-2/h3-4,7H,5-6H2,1-2H3,(H,18,21). The Bertz CT molecular complexity index is 833. The lowest BCUT2D eigenvalue weighted by Crippen LogP contribution is -2.22. The van der Waals surface area contributed by atoms with Crippen molar-refractivity contribution in [3.8, 4) is 5.75 Å². The first-order valence-electron chi connectivity index (χ1n) is 7.05. The van der Waals surface area contributed by atoms with Crippen molar-refractivity contribution in [2.24, 2.45) is 7.05 Å². The van der Waals surface area contributed by atoms with Gasteiger partial charge in [-0.25, -0.2) is 9.59 Å². The van der Waals surface area contributed by atoms with Crippen LogP contribution in [0.5, 0.6) is 5.75 Å². The smallest absolute Gasteiger partial charge is 0.407 e.